The fourth-order valence-corrected chi connectivity index (χ4v) is 8.52. The van der Waals surface area contributed by atoms with E-state index in [-0.39, 0.29) is 46.1 Å². The van der Waals surface area contributed by atoms with Crippen LogP contribution >= 0.6 is 23.5 Å². The maximum atomic E-state index is 14.0. The molecule has 14 nitrogen and oxygen atoms in total. The van der Waals surface area contributed by atoms with Gasteiger partial charge in [-0.15, -0.1) is 0 Å². The highest BCUT2D eigenvalue weighted by Gasteiger charge is 2.53. The summed E-state index contributed by atoms with van der Waals surface area (Å²) in [6, 6.07) is 0. The van der Waals surface area contributed by atoms with E-state index < -0.39 is 54.0 Å². The van der Waals surface area contributed by atoms with Gasteiger partial charge in [-0.2, -0.15) is 0 Å². The van der Waals surface area contributed by atoms with Crippen LogP contribution in [0.4, 0.5) is 0 Å². The minimum atomic E-state index is -4.33. The summed E-state index contributed by atoms with van der Waals surface area (Å²) in [7, 11) is -12.9. The second-order valence-electron chi connectivity index (χ2n) is 11.5. The first-order valence-corrected chi connectivity index (χ1v) is 21.9. The summed E-state index contributed by atoms with van der Waals surface area (Å²) in [5.74, 6) is 0. The Morgan fingerprint density at radius 3 is 1.02 bits per heavy atom. The van der Waals surface area contributed by atoms with Gasteiger partial charge < -0.3 is 10.2 Å². The van der Waals surface area contributed by atoms with E-state index in [2.05, 4.69) is 0 Å². The Morgan fingerprint density at radius 2 is 0.723 bits per heavy atom. The maximum absolute atomic E-state index is 14.0. The first kappa shape index (κ1) is 45.3. The van der Waals surface area contributed by atoms with E-state index in [1.165, 1.54) is 0 Å². The van der Waals surface area contributed by atoms with Crippen LogP contribution in [0.3, 0.4) is 0 Å². The highest BCUT2D eigenvalue weighted by molar-refractivity contribution is 7.49. The van der Waals surface area contributed by atoms with Crippen molar-refractivity contribution in [3.8, 4) is 0 Å². The molecule has 1 rings (SSSR count). The number of phosphoric acid groups is 3. The molecule has 0 bridgehead atoms. The lowest BCUT2D eigenvalue weighted by Gasteiger charge is -2.43. The molecular formula is C30H63O14P3. The number of phosphoric ester groups is 3. The van der Waals surface area contributed by atoms with Gasteiger partial charge in [-0.3, -0.25) is 40.7 Å². The van der Waals surface area contributed by atoms with Crippen molar-refractivity contribution in [3.05, 3.63) is 0 Å². The SMILES string of the molecule is CCCCOP(=O)(OCCCC)O[C@@H]1[C@@H](O)[C@@H](O)[C@@H](OP(=O)(OCCCC)OCCCC)C[C@H]1OP(=O)(OCCCC)OCCCC. The highest BCUT2D eigenvalue weighted by atomic mass is 31.2. The molecule has 2 N–H and O–H groups in total. The van der Waals surface area contributed by atoms with Crippen LogP contribution < -0.4 is 0 Å². The molecule has 0 heterocycles. The van der Waals surface area contributed by atoms with Gasteiger partial charge in [0.05, 0.1) is 39.6 Å². The Kier molecular flexibility index (Phi) is 24.3. The lowest BCUT2D eigenvalue weighted by atomic mass is 9.87. The fourth-order valence-electron chi connectivity index (χ4n) is 4.17. The minimum Gasteiger partial charge on any atom is -0.388 e. The normalized spacial score (nSPS) is 22.6. The van der Waals surface area contributed by atoms with Crippen molar-refractivity contribution in [2.45, 2.75) is 156 Å². The third-order valence-electron chi connectivity index (χ3n) is 7.16. The molecule has 0 amide bonds. The molecule has 0 saturated heterocycles. The molecule has 0 spiro atoms. The van der Waals surface area contributed by atoms with Crippen molar-refractivity contribution >= 4 is 23.5 Å². The molecule has 1 aliphatic rings. The quantitative estimate of drug-likeness (QED) is 0.0530. The summed E-state index contributed by atoms with van der Waals surface area (Å²) in [4.78, 5) is 0. The zero-order chi connectivity index (χ0) is 35.2. The van der Waals surface area contributed by atoms with Crippen molar-refractivity contribution in [2.75, 3.05) is 39.6 Å². The van der Waals surface area contributed by atoms with Gasteiger partial charge in [0.25, 0.3) is 0 Å². The standard InChI is InChI=1S/C30H63O14P3/c1-7-13-19-36-45(33,37-20-14-8-2)42-26-25-27(43-46(34,38-21-15-9-3)39-22-16-10-4)30(29(32)28(26)31)44-47(35,40-23-17-11-5)41-24-18-12-6/h26-32H,7-25H2,1-6H3/t26-,27+,28-,29-,30-/m0/s1. The van der Waals surface area contributed by atoms with E-state index in [1.54, 1.807) is 0 Å². The zero-order valence-electron chi connectivity index (χ0n) is 29.5. The van der Waals surface area contributed by atoms with Crippen LogP contribution in [-0.2, 0) is 54.4 Å². The fraction of sp³-hybridized carbons (Fsp3) is 1.00. The first-order valence-electron chi connectivity index (χ1n) is 17.5. The van der Waals surface area contributed by atoms with Crippen LogP contribution in [0.1, 0.15) is 125 Å². The summed E-state index contributed by atoms with van der Waals surface area (Å²) in [6.07, 6.45) is -0.372. The van der Waals surface area contributed by atoms with Crippen LogP contribution in [0.25, 0.3) is 0 Å². The summed E-state index contributed by atoms with van der Waals surface area (Å²) < 4.78 is 92.6. The Bertz CT molecular complexity index is 900. The molecule has 17 heteroatoms. The molecule has 1 aliphatic carbocycles. The van der Waals surface area contributed by atoms with Crippen LogP contribution in [0.15, 0.2) is 0 Å². The summed E-state index contributed by atoms with van der Waals surface area (Å²) in [6.45, 7) is 12.0. The Labute approximate surface area is 283 Å². The average Bonchev–Trinajstić information content (AvgIpc) is 3.02. The van der Waals surface area contributed by atoms with Crippen molar-refractivity contribution in [2.24, 2.45) is 0 Å². The van der Waals surface area contributed by atoms with Crippen molar-refractivity contribution in [3.63, 3.8) is 0 Å². The summed E-state index contributed by atoms with van der Waals surface area (Å²) in [5.41, 5.74) is 0. The lowest BCUT2D eigenvalue weighted by Crippen LogP contribution is -2.57. The molecule has 0 aromatic rings. The van der Waals surface area contributed by atoms with Gasteiger partial charge in [0.1, 0.15) is 30.5 Å². The van der Waals surface area contributed by atoms with E-state index in [0.717, 1.165) is 38.5 Å². The molecular weight excluding hydrogens is 677 g/mol. The monoisotopic (exact) mass is 740 g/mol. The molecule has 1 fully saturated rings. The number of hydrogen-bond donors (Lipinski definition) is 2. The molecule has 1 saturated carbocycles. The Balaban J connectivity index is 3.49. The van der Waals surface area contributed by atoms with E-state index in [4.69, 9.17) is 40.7 Å². The second-order valence-corrected chi connectivity index (χ2v) is 16.4. The molecule has 282 valence electrons. The molecule has 0 aromatic carbocycles. The Morgan fingerprint density at radius 1 is 0.447 bits per heavy atom. The van der Waals surface area contributed by atoms with Gasteiger partial charge >= 0.3 is 23.5 Å². The third-order valence-corrected chi connectivity index (χ3v) is 11.7. The predicted molar refractivity (Wildman–Crippen MR) is 179 cm³/mol. The first-order chi connectivity index (χ1) is 22.5. The van der Waals surface area contributed by atoms with Crippen molar-refractivity contribution in [1.29, 1.82) is 0 Å². The minimum absolute atomic E-state index is 0.0503. The van der Waals surface area contributed by atoms with Crippen LogP contribution in [0.5, 0.6) is 0 Å². The van der Waals surface area contributed by atoms with Crippen molar-refractivity contribution in [1.82, 2.24) is 0 Å². The highest BCUT2D eigenvalue weighted by Crippen LogP contribution is 2.58. The smallest absolute Gasteiger partial charge is 0.388 e. The molecule has 5 atom stereocenters. The van der Waals surface area contributed by atoms with E-state index >= 15 is 0 Å². The van der Waals surface area contributed by atoms with Gasteiger partial charge in [-0.05, 0) is 38.5 Å². The number of hydrogen-bond acceptors (Lipinski definition) is 14. The molecule has 47 heavy (non-hydrogen) atoms. The van der Waals surface area contributed by atoms with Crippen LogP contribution in [-0.4, -0.2) is 80.4 Å². The van der Waals surface area contributed by atoms with Crippen LogP contribution in [0, 0.1) is 0 Å². The number of unbranched alkanes of at least 4 members (excludes halogenated alkanes) is 6. The predicted octanol–water partition coefficient (Wildman–Crippen LogP) is 8.49. The average molecular weight is 741 g/mol. The van der Waals surface area contributed by atoms with E-state index in [9.17, 15) is 23.9 Å². The van der Waals surface area contributed by atoms with Gasteiger partial charge in [0.15, 0.2) is 0 Å². The van der Waals surface area contributed by atoms with Gasteiger partial charge in [0.2, 0.25) is 0 Å². The van der Waals surface area contributed by atoms with Crippen molar-refractivity contribution < 1.29 is 64.6 Å². The zero-order valence-corrected chi connectivity index (χ0v) is 32.1. The molecule has 0 aliphatic heterocycles. The summed E-state index contributed by atoms with van der Waals surface area (Å²) >= 11 is 0. The Hall–Kier alpha value is 0.250. The van der Waals surface area contributed by atoms with Gasteiger partial charge in [-0.1, -0.05) is 80.1 Å². The summed E-state index contributed by atoms with van der Waals surface area (Å²) in [5, 5.41) is 22.7. The number of rotatable bonds is 30. The van der Waals surface area contributed by atoms with Gasteiger partial charge in [0, 0.05) is 6.42 Å². The third kappa shape index (κ3) is 17.8. The van der Waals surface area contributed by atoms with E-state index in [1.807, 2.05) is 41.5 Å². The topological polar surface area (TPSA) is 175 Å². The second kappa shape index (κ2) is 25.2. The molecule has 0 unspecified atom stereocenters. The number of aliphatic hydroxyl groups is 2. The lowest BCUT2D eigenvalue weighted by molar-refractivity contribution is -0.170. The maximum Gasteiger partial charge on any atom is 0.475 e. The number of aliphatic hydroxyl groups excluding tert-OH is 2. The van der Waals surface area contributed by atoms with Gasteiger partial charge in [-0.25, -0.2) is 13.7 Å². The van der Waals surface area contributed by atoms with Crippen LogP contribution in [0.2, 0.25) is 0 Å². The molecule has 0 radical (unpaired) electrons. The van der Waals surface area contributed by atoms with E-state index in [0.29, 0.717) is 38.5 Å². The largest absolute Gasteiger partial charge is 0.475 e. The molecule has 0 aromatic heterocycles.